The molecule has 1 aromatic carbocycles. The van der Waals surface area contributed by atoms with Crippen LogP contribution in [-0.4, -0.2) is 32.9 Å². The third-order valence-electron chi connectivity index (χ3n) is 2.46. The fraction of sp³-hybridized carbons (Fsp3) is 0.462. The van der Waals surface area contributed by atoms with Crippen molar-refractivity contribution >= 4 is 22.0 Å². The molecule has 0 spiro atoms. The normalized spacial score (nSPS) is 11.8. The number of nitrogens with one attached hydrogen (secondary N) is 2. The Kier molecular flexibility index (Phi) is 6.66. The second kappa shape index (κ2) is 8.01. The number of carbonyl (C=O) groups is 1. The Morgan fingerprint density at radius 1 is 1.42 bits per heavy atom. The molecular formula is C13H19BrN2O3. The van der Waals surface area contributed by atoms with E-state index in [9.17, 15) is 4.79 Å². The Labute approximate surface area is 121 Å². The lowest BCUT2D eigenvalue weighted by Gasteiger charge is -2.14. The third-order valence-corrected chi connectivity index (χ3v) is 3.08. The molecule has 0 bridgehead atoms. The van der Waals surface area contributed by atoms with E-state index in [1.165, 1.54) is 0 Å². The number of hydrogen-bond donors (Lipinski definition) is 2. The van der Waals surface area contributed by atoms with Crippen LogP contribution in [0.2, 0.25) is 0 Å². The van der Waals surface area contributed by atoms with E-state index >= 15 is 0 Å². The fourth-order valence-corrected chi connectivity index (χ4v) is 2.16. The summed E-state index contributed by atoms with van der Waals surface area (Å²) in [6, 6.07) is 5.44. The van der Waals surface area contributed by atoms with Crippen LogP contribution in [0.25, 0.3) is 0 Å². The van der Waals surface area contributed by atoms with Gasteiger partial charge in [-0.1, -0.05) is 6.07 Å². The number of urea groups is 1. The SMILES string of the molecule is COC[C@H](C)NC(=O)NCc1ccc(OC)c(Br)c1. The highest BCUT2D eigenvalue weighted by Crippen LogP contribution is 2.25. The van der Waals surface area contributed by atoms with Gasteiger partial charge in [0, 0.05) is 13.7 Å². The smallest absolute Gasteiger partial charge is 0.315 e. The second-order valence-electron chi connectivity index (χ2n) is 4.15. The molecule has 106 valence electrons. The Morgan fingerprint density at radius 3 is 2.74 bits per heavy atom. The zero-order chi connectivity index (χ0) is 14.3. The van der Waals surface area contributed by atoms with Gasteiger partial charge in [0.15, 0.2) is 0 Å². The van der Waals surface area contributed by atoms with E-state index < -0.39 is 0 Å². The van der Waals surface area contributed by atoms with Crippen molar-refractivity contribution in [3.05, 3.63) is 28.2 Å². The lowest BCUT2D eigenvalue weighted by atomic mass is 10.2. The molecular weight excluding hydrogens is 312 g/mol. The summed E-state index contributed by atoms with van der Waals surface area (Å²) in [6.45, 7) is 2.82. The minimum absolute atomic E-state index is 0.0207. The van der Waals surface area contributed by atoms with Crippen molar-refractivity contribution in [2.45, 2.75) is 19.5 Å². The molecule has 2 N–H and O–H groups in total. The first-order valence-electron chi connectivity index (χ1n) is 5.92. The van der Waals surface area contributed by atoms with E-state index in [1.54, 1.807) is 14.2 Å². The summed E-state index contributed by atoms with van der Waals surface area (Å²) in [5, 5.41) is 5.56. The van der Waals surface area contributed by atoms with E-state index in [-0.39, 0.29) is 12.1 Å². The number of amides is 2. The van der Waals surface area contributed by atoms with E-state index in [0.717, 1.165) is 15.8 Å². The standard InChI is InChI=1S/C13H19BrN2O3/c1-9(8-18-2)16-13(17)15-7-10-4-5-12(19-3)11(14)6-10/h4-6,9H,7-8H2,1-3H3,(H2,15,16,17)/t9-/m0/s1. The van der Waals surface area contributed by atoms with E-state index in [2.05, 4.69) is 26.6 Å². The maximum Gasteiger partial charge on any atom is 0.315 e. The summed E-state index contributed by atoms with van der Waals surface area (Å²) >= 11 is 3.41. The molecule has 19 heavy (non-hydrogen) atoms. The van der Waals surface area contributed by atoms with E-state index in [4.69, 9.17) is 9.47 Å². The molecule has 1 aromatic rings. The van der Waals surface area contributed by atoms with Gasteiger partial charge in [0.25, 0.3) is 0 Å². The van der Waals surface area contributed by atoms with Crippen molar-refractivity contribution in [1.82, 2.24) is 10.6 Å². The van der Waals surface area contributed by atoms with Crippen LogP contribution < -0.4 is 15.4 Å². The quantitative estimate of drug-likeness (QED) is 0.841. The van der Waals surface area contributed by atoms with Crippen LogP contribution in [0.1, 0.15) is 12.5 Å². The molecule has 0 saturated carbocycles. The topological polar surface area (TPSA) is 59.6 Å². The molecule has 0 aliphatic heterocycles. The van der Waals surface area contributed by atoms with Crippen molar-refractivity contribution in [1.29, 1.82) is 0 Å². The fourth-order valence-electron chi connectivity index (χ4n) is 1.57. The average Bonchev–Trinajstić information content (AvgIpc) is 2.36. The monoisotopic (exact) mass is 330 g/mol. The molecule has 2 amide bonds. The minimum atomic E-state index is -0.212. The predicted molar refractivity (Wildman–Crippen MR) is 77.4 cm³/mol. The molecule has 0 aliphatic carbocycles. The third kappa shape index (κ3) is 5.48. The summed E-state index contributed by atoms with van der Waals surface area (Å²) in [5.41, 5.74) is 0.988. The summed E-state index contributed by atoms with van der Waals surface area (Å²) < 4.78 is 11.0. The summed E-state index contributed by atoms with van der Waals surface area (Å²) in [6.07, 6.45) is 0. The van der Waals surface area contributed by atoms with Gasteiger partial charge >= 0.3 is 6.03 Å². The number of hydrogen-bond acceptors (Lipinski definition) is 3. The van der Waals surface area contributed by atoms with Crippen LogP contribution >= 0.6 is 15.9 Å². The predicted octanol–water partition coefficient (Wildman–Crippen LogP) is 2.29. The Hall–Kier alpha value is -1.27. The van der Waals surface area contributed by atoms with Crippen LogP contribution in [-0.2, 0) is 11.3 Å². The largest absolute Gasteiger partial charge is 0.496 e. The van der Waals surface area contributed by atoms with Crippen molar-refractivity contribution in [2.75, 3.05) is 20.8 Å². The number of halogens is 1. The molecule has 0 aliphatic rings. The van der Waals surface area contributed by atoms with Crippen LogP contribution in [0.5, 0.6) is 5.75 Å². The highest BCUT2D eigenvalue weighted by atomic mass is 79.9. The van der Waals surface area contributed by atoms with Gasteiger partial charge in [-0.25, -0.2) is 4.79 Å². The van der Waals surface area contributed by atoms with Crippen molar-refractivity contribution in [3.8, 4) is 5.75 Å². The second-order valence-corrected chi connectivity index (χ2v) is 5.01. The minimum Gasteiger partial charge on any atom is -0.496 e. The van der Waals surface area contributed by atoms with Crippen LogP contribution in [0, 0.1) is 0 Å². The van der Waals surface area contributed by atoms with Crippen molar-refractivity contribution in [2.24, 2.45) is 0 Å². The van der Waals surface area contributed by atoms with Crippen molar-refractivity contribution in [3.63, 3.8) is 0 Å². The first-order chi connectivity index (χ1) is 9.06. The Morgan fingerprint density at radius 2 is 2.16 bits per heavy atom. The summed E-state index contributed by atoms with van der Waals surface area (Å²) in [4.78, 5) is 11.6. The molecule has 0 saturated heterocycles. The van der Waals surface area contributed by atoms with Gasteiger partial charge in [0.2, 0.25) is 0 Å². The van der Waals surface area contributed by atoms with Gasteiger partial charge in [0.05, 0.1) is 24.2 Å². The van der Waals surface area contributed by atoms with Gasteiger partial charge in [-0.15, -0.1) is 0 Å². The number of ether oxygens (including phenoxy) is 2. The molecule has 1 rings (SSSR count). The average molecular weight is 331 g/mol. The van der Waals surface area contributed by atoms with Gasteiger partial charge < -0.3 is 20.1 Å². The molecule has 0 fully saturated rings. The Balaban J connectivity index is 2.44. The van der Waals surface area contributed by atoms with Gasteiger partial charge in [-0.2, -0.15) is 0 Å². The maximum absolute atomic E-state index is 11.6. The maximum atomic E-state index is 11.6. The lowest BCUT2D eigenvalue weighted by molar-refractivity contribution is 0.171. The number of methoxy groups -OCH3 is 2. The molecule has 1 atom stereocenters. The molecule has 0 aromatic heterocycles. The molecule has 5 nitrogen and oxygen atoms in total. The zero-order valence-electron chi connectivity index (χ0n) is 11.3. The van der Waals surface area contributed by atoms with Gasteiger partial charge in [-0.3, -0.25) is 0 Å². The van der Waals surface area contributed by atoms with Crippen LogP contribution in [0.4, 0.5) is 4.79 Å². The molecule has 0 heterocycles. The lowest BCUT2D eigenvalue weighted by Crippen LogP contribution is -2.42. The molecule has 0 unspecified atom stereocenters. The van der Waals surface area contributed by atoms with E-state index in [1.807, 2.05) is 25.1 Å². The zero-order valence-corrected chi connectivity index (χ0v) is 12.9. The molecule has 0 radical (unpaired) electrons. The van der Waals surface area contributed by atoms with Crippen molar-refractivity contribution < 1.29 is 14.3 Å². The summed E-state index contributed by atoms with van der Waals surface area (Å²) in [5.74, 6) is 0.766. The Bertz CT molecular complexity index is 426. The van der Waals surface area contributed by atoms with Gasteiger partial charge in [0.1, 0.15) is 5.75 Å². The van der Waals surface area contributed by atoms with Crippen LogP contribution in [0.15, 0.2) is 22.7 Å². The molecule has 6 heteroatoms. The number of benzene rings is 1. The summed E-state index contributed by atoms with van der Waals surface area (Å²) in [7, 11) is 3.22. The first-order valence-corrected chi connectivity index (χ1v) is 6.71. The highest BCUT2D eigenvalue weighted by Gasteiger charge is 2.07. The van der Waals surface area contributed by atoms with E-state index in [0.29, 0.717) is 13.2 Å². The van der Waals surface area contributed by atoms with Gasteiger partial charge in [-0.05, 0) is 40.5 Å². The van der Waals surface area contributed by atoms with Crippen LogP contribution in [0.3, 0.4) is 0 Å². The highest BCUT2D eigenvalue weighted by molar-refractivity contribution is 9.10. The number of rotatable bonds is 6. The number of carbonyl (C=O) groups excluding carboxylic acids is 1. The first kappa shape index (κ1) is 15.8.